The van der Waals surface area contributed by atoms with Gasteiger partial charge < -0.3 is 15.2 Å². The van der Waals surface area contributed by atoms with Gasteiger partial charge in [0.25, 0.3) is 5.91 Å². The van der Waals surface area contributed by atoms with Crippen LogP contribution in [0.15, 0.2) is 89.1 Å². The number of hydrogen-bond donors (Lipinski definition) is 2. The number of sulfonamides is 1. The number of cyclic esters (lactones) is 1. The van der Waals surface area contributed by atoms with E-state index in [1.807, 2.05) is 0 Å². The molecule has 4 aromatic rings. The number of amides is 2. The monoisotopic (exact) mass is 673 g/mol. The second-order valence-corrected chi connectivity index (χ2v) is 13.7. The van der Waals surface area contributed by atoms with Gasteiger partial charge in [0.2, 0.25) is 10.0 Å². The van der Waals surface area contributed by atoms with Gasteiger partial charge in [-0.1, -0.05) is 42.5 Å². The summed E-state index contributed by atoms with van der Waals surface area (Å²) in [5, 5.41) is 15.9. The van der Waals surface area contributed by atoms with Gasteiger partial charge in [0, 0.05) is 18.0 Å². The van der Waals surface area contributed by atoms with Crippen LogP contribution in [-0.2, 0) is 32.5 Å². The van der Waals surface area contributed by atoms with E-state index >= 15 is 0 Å². The van der Waals surface area contributed by atoms with E-state index in [0.29, 0.717) is 16.5 Å². The lowest BCUT2D eigenvalue weighted by atomic mass is 10.0. The highest BCUT2D eigenvalue weighted by atomic mass is 32.2. The number of nitrogens with one attached hydrogen (secondary N) is 1. The van der Waals surface area contributed by atoms with E-state index < -0.39 is 69.2 Å². The Balaban J connectivity index is 1.41. The zero-order valence-electron chi connectivity index (χ0n) is 24.5. The maximum atomic E-state index is 14.9. The van der Waals surface area contributed by atoms with Gasteiger partial charge in [0.1, 0.15) is 22.3 Å². The highest BCUT2D eigenvalue weighted by molar-refractivity contribution is 7.89. The molecule has 2 amide bonds. The summed E-state index contributed by atoms with van der Waals surface area (Å²) in [6, 6.07) is 17.6. The number of benzene rings is 3. The average molecular weight is 674 g/mol. The Morgan fingerprint density at radius 3 is 2.52 bits per heavy atom. The Morgan fingerprint density at radius 2 is 1.83 bits per heavy atom. The second kappa shape index (κ2) is 14.0. The minimum atomic E-state index is -4.70. The average Bonchev–Trinajstić information content (AvgIpc) is 3.68. The molecule has 1 fully saturated rings. The molecule has 2 heterocycles. The van der Waals surface area contributed by atoms with Gasteiger partial charge in [0.05, 0.1) is 24.4 Å². The third-order valence-corrected chi connectivity index (χ3v) is 10.1. The third-order valence-electron chi connectivity index (χ3n) is 7.45. The first kappa shape index (κ1) is 33.1. The molecule has 3 aromatic carbocycles. The molecule has 1 aromatic heterocycles. The number of ether oxygens (including phenoxy) is 1. The highest BCUT2D eigenvalue weighted by Crippen LogP contribution is 2.27. The van der Waals surface area contributed by atoms with Crippen molar-refractivity contribution in [3.05, 3.63) is 118 Å². The van der Waals surface area contributed by atoms with Crippen molar-refractivity contribution in [1.29, 1.82) is 0 Å². The first-order valence-corrected chi connectivity index (χ1v) is 16.5. The van der Waals surface area contributed by atoms with Crippen molar-refractivity contribution < 1.29 is 41.0 Å². The molecule has 9 nitrogen and oxygen atoms in total. The summed E-state index contributed by atoms with van der Waals surface area (Å²) >= 11 is 1.24. The maximum absolute atomic E-state index is 14.9. The lowest BCUT2D eigenvalue weighted by Gasteiger charge is -2.30. The lowest BCUT2D eigenvalue weighted by Crippen LogP contribution is -2.53. The van der Waals surface area contributed by atoms with Crippen molar-refractivity contribution in [2.75, 3.05) is 18.0 Å². The van der Waals surface area contributed by atoms with Gasteiger partial charge in [-0.3, -0.25) is 9.69 Å². The molecule has 0 aliphatic carbocycles. The number of anilines is 1. The Morgan fingerprint density at radius 1 is 1.07 bits per heavy atom. The largest absolute Gasteiger partial charge is 0.434 e. The first-order valence-electron chi connectivity index (χ1n) is 14.2. The number of aryl methyl sites for hydroxylation is 1. The molecule has 0 spiro atoms. The quantitative estimate of drug-likeness (QED) is 0.224. The van der Waals surface area contributed by atoms with Crippen LogP contribution in [0.2, 0.25) is 0 Å². The fraction of sp³-hybridized carbons (Fsp3) is 0.250. The SMILES string of the molecule is Cc1cc(F)c(S(=O)(=O)N(Cc2cccs2)C[C@@H](O)[C@H](Cc2ccccc2)NC(=O)[C@@H]2CN(c3cccc(F)c3)C(=O)O2)cc1F. The topological polar surface area (TPSA) is 116 Å². The smallest absolute Gasteiger partial charge is 0.415 e. The van der Waals surface area contributed by atoms with E-state index in [0.717, 1.165) is 21.3 Å². The van der Waals surface area contributed by atoms with Gasteiger partial charge in [-0.2, -0.15) is 4.31 Å². The van der Waals surface area contributed by atoms with Gasteiger partial charge in [-0.25, -0.2) is 26.4 Å². The number of thiophene rings is 1. The predicted molar refractivity (Wildman–Crippen MR) is 165 cm³/mol. The van der Waals surface area contributed by atoms with Crippen molar-refractivity contribution in [3.63, 3.8) is 0 Å². The van der Waals surface area contributed by atoms with Gasteiger partial charge in [0.15, 0.2) is 6.10 Å². The van der Waals surface area contributed by atoms with E-state index in [1.54, 1.807) is 47.8 Å². The molecule has 14 heteroatoms. The molecule has 5 rings (SSSR count). The van der Waals surface area contributed by atoms with Crippen LogP contribution in [0.4, 0.5) is 23.7 Å². The van der Waals surface area contributed by atoms with Crippen LogP contribution in [0.3, 0.4) is 0 Å². The lowest BCUT2D eigenvalue weighted by molar-refractivity contribution is -0.129. The van der Waals surface area contributed by atoms with Crippen LogP contribution in [0, 0.1) is 24.4 Å². The fourth-order valence-electron chi connectivity index (χ4n) is 5.01. The highest BCUT2D eigenvalue weighted by Gasteiger charge is 2.39. The minimum Gasteiger partial charge on any atom is -0.434 e. The zero-order valence-corrected chi connectivity index (χ0v) is 26.1. The Kier molecular flexibility index (Phi) is 10.1. The van der Waals surface area contributed by atoms with Crippen molar-refractivity contribution in [2.45, 2.75) is 43.0 Å². The third kappa shape index (κ3) is 7.58. The van der Waals surface area contributed by atoms with E-state index in [1.165, 1.54) is 36.5 Å². The summed E-state index contributed by atoms with van der Waals surface area (Å²) in [6.45, 7) is 0.199. The van der Waals surface area contributed by atoms with E-state index in [4.69, 9.17) is 4.74 Å². The van der Waals surface area contributed by atoms with Crippen LogP contribution in [0.1, 0.15) is 16.0 Å². The Hall–Kier alpha value is -4.24. The molecule has 1 aliphatic heterocycles. The van der Waals surface area contributed by atoms with E-state index in [-0.39, 0.29) is 30.8 Å². The molecule has 46 heavy (non-hydrogen) atoms. The second-order valence-electron chi connectivity index (χ2n) is 10.7. The molecular weight excluding hydrogens is 643 g/mol. The van der Waals surface area contributed by atoms with Crippen molar-refractivity contribution in [1.82, 2.24) is 9.62 Å². The van der Waals surface area contributed by atoms with Crippen LogP contribution >= 0.6 is 11.3 Å². The van der Waals surface area contributed by atoms with Crippen molar-refractivity contribution in [2.24, 2.45) is 0 Å². The summed E-state index contributed by atoms with van der Waals surface area (Å²) in [5.74, 6) is -3.42. The summed E-state index contributed by atoms with van der Waals surface area (Å²) in [4.78, 5) is 26.7. The van der Waals surface area contributed by atoms with Crippen LogP contribution in [0.25, 0.3) is 0 Å². The molecule has 2 N–H and O–H groups in total. The standard InChI is InChI=1S/C32H30F3N3O6S2/c1-20-13-26(35)30(16-25(20)34)46(42,43)37(17-24-11-6-12-45-24)18-28(39)27(14-21-7-3-2-4-8-21)36-31(40)29-19-38(32(41)44-29)23-10-5-9-22(33)15-23/h2-13,15-16,27-29,39H,14,17-19H2,1H3,(H,36,40)/t27-,28+,29-/m0/s1. The number of nitrogens with zero attached hydrogens (tertiary/aromatic N) is 2. The number of hydrogen-bond acceptors (Lipinski definition) is 7. The number of carbonyl (C=O) groups excluding carboxylic acids is 2. The molecule has 0 unspecified atom stereocenters. The number of rotatable bonds is 12. The van der Waals surface area contributed by atoms with Gasteiger partial charge >= 0.3 is 6.09 Å². The van der Waals surface area contributed by atoms with Gasteiger partial charge in [-0.05, 0) is 66.2 Å². The zero-order chi connectivity index (χ0) is 33.0. The molecule has 242 valence electrons. The number of aliphatic hydroxyl groups excluding tert-OH is 1. The minimum absolute atomic E-state index is 0.0441. The summed E-state index contributed by atoms with van der Waals surface area (Å²) in [6.07, 6.45) is -3.71. The fourth-order valence-corrected chi connectivity index (χ4v) is 7.30. The van der Waals surface area contributed by atoms with Crippen LogP contribution in [-0.4, -0.2) is 61.2 Å². The first-order chi connectivity index (χ1) is 21.9. The summed E-state index contributed by atoms with van der Waals surface area (Å²) < 4.78 is 76.8. The predicted octanol–water partition coefficient (Wildman–Crippen LogP) is 4.78. The van der Waals surface area contributed by atoms with Crippen LogP contribution < -0.4 is 10.2 Å². The molecule has 0 bridgehead atoms. The number of aliphatic hydroxyl groups is 1. The molecule has 1 aliphatic rings. The normalized spacial score (nSPS) is 16.3. The van der Waals surface area contributed by atoms with Gasteiger partial charge in [-0.15, -0.1) is 11.3 Å². The van der Waals surface area contributed by atoms with Crippen LogP contribution in [0.5, 0.6) is 0 Å². The Labute approximate surface area is 267 Å². The molecule has 1 saturated heterocycles. The molecular formula is C32H30F3N3O6S2. The van der Waals surface area contributed by atoms with E-state index in [2.05, 4.69) is 5.32 Å². The summed E-state index contributed by atoms with van der Waals surface area (Å²) in [5.41, 5.74) is 0.807. The summed E-state index contributed by atoms with van der Waals surface area (Å²) in [7, 11) is -4.70. The van der Waals surface area contributed by atoms with E-state index in [9.17, 15) is 36.3 Å². The number of carbonyl (C=O) groups is 2. The molecule has 0 radical (unpaired) electrons. The number of halogens is 3. The van der Waals surface area contributed by atoms with Crippen molar-refractivity contribution in [3.8, 4) is 0 Å². The maximum Gasteiger partial charge on any atom is 0.415 e. The molecule has 0 saturated carbocycles. The van der Waals surface area contributed by atoms with Crippen molar-refractivity contribution >= 4 is 39.0 Å². The Bertz CT molecular complexity index is 1810. The molecule has 3 atom stereocenters.